The number of amides is 2. The number of rotatable bonds is 4. The summed E-state index contributed by atoms with van der Waals surface area (Å²) < 4.78 is 5.13. The Bertz CT molecular complexity index is 784. The SMILES string of the molecule is COc1ccc(CC(=O)N2CCN(C(=O)c3ccccc3Cl)CC2)cc1. The molecule has 2 aromatic carbocycles. The largest absolute Gasteiger partial charge is 0.497 e. The maximum atomic E-state index is 12.6. The fraction of sp³-hybridized carbons (Fsp3) is 0.300. The van der Waals surface area contributed by atoms with Gasteiger partial charge >= 0.3 is 0 Å². The smallest absolute Gasteiger partial charge is 0.255 e. The van der Waals surface area contributed by atoms with Crippen LogP contribution in [0.5, 0.6) is 5.75 Å². The maximum absolute atomic E-state index is 12.6. The van der Waals surface area contributed by atoms with E-state index >= 15 is 0 Å². The van der Waals surface area contributed by atoms with Crippen LogP contribution in [0.3, 0.4) is 0 Å². The second kappa shape index (κ2) is 8.23. The number of carbonyl (C=O) groups excluding carboxylic acids is 2. The van der Waals surface area contributed by atoms with E-state index in [2.05, 4.69) is 0 Å². The zero-order valence-electron chi connectivity index (χ0n) is 14.7. The van der Waals surface area contributed by atoms with Crippen molar-refractivity contribution in [3.63, 3.8) is 0 Å². The summed E-state index contributed by atoms with van der Waals surface area (Å²) in [4.78, 5) is 28.6. The summed E-state index contributed by atoms with van der Waals surface area (Å²) in [7, 11) is 1.61. The van der Waals surface area contributed by atoms with Gasteiger partial charge in [0.15, 0.2) is 0 Å². The van der Waals surface area contributed by atoms with Crippen LogP contribution in [0.2, 0.25) is 5.02 Å². The lowest BCUT2D eigenvalue weighted by Crippen LogP contribution is -2.51. The topological polar surface area (TPSA) is 49.9 Å². The van der Waals surface area contributed by atoms with Gasteiger partial charge in [0.2, 0.25) is 5.91 Å². The molecule has 0 aliphatic carbocycles. The molecule has 6 heteroatoms. The summed E-state index contributed by atoms with van der Waals surface area (Å²) in [6.07, 6.45) is 0.350. The molecule has 26 heavy (non-hydrogen) atoms. The molecule has 0 unspecified atom stereocenters. The van der Waals surface area contributed by atoms with Crippen molar-refractivity contribution in [2.24, 2.45) is 0 Å². The molecule has 2 amide bonds. The Balaban J connectivity index is 1.55. The first-order valence-electron chi connectivity index (χ1n) is 8.53. The molecule has 1 saturated heterocycles. The summed E-state index contributed by atoms with van der Waals surface area (Å²) in [5, 5.41) is 0.454. The Hall–Kier alpha value is -2.53. The van der Waals surface area contributed by atoms with E-state index in [0.717, 1.165) is 11.3 Å². The second-order valence-corrected chi connectivity index (χ2v) is 6.58. The molecular formula is C20H21ClN2O3. The summed E-state index contributed by atoms with van der Waals surface area (Å²) in [6, 6.07) is 14.5. The van der Waals surface area contributed by atoms with Crippen LogP contribution in [0.25, 0.3) is 0 Å². The van der Waals surface area contributed by atoms with Gasteiger partial charge in [-0.15, -0.1) is 0 Å². The van der Waals surface area contributed by atoms with Gasteiger partial charge in [-0.3, -0.25) is 9.59 Å². The first kappa shape index (κ1) is 18.3. The number of nitrogens with zero attached hydrogens (tertiary/aromatic N) is 2. The predicted molar refractivity (Wildman–Crippen MR) is 101 cm³/mol. The highest BCUT2D eigenvalue weighted by Crippen LogP contribution is 2.18. The van der Waals surface area contributed by atoms with Crippen LogP contribution in [0, 0.1) is 0 Å². The molecule has 0 radical (unpaired) electrons. The Morgan fingerprint density at radius 2 is 1.58 bits per heavy atom. The normalized spacial score (nSPS) is 14.2. The number of piperazine rings is 1. The molecule has 2 aromatic rings. The molecule has 0 aromatic heterocycles. The lowest BCUT2D eigenvalue weighted by Gasteiger charge is -2.35. The molecule has 0 saturated carbocycles. The average Bonchev–Trinajstić information content (AvgIpc) is 2.68. The molecule has 0 spiro atoms. The maximum Gasteiger partial charge on any atom is 0.255 e. The van der Waals surface area contributed by atoms with Crippen molar-refractivity contribution in [2.45, 2.75) is 6.42 Å². The number of halogens is 1. The van der Waals surface area contributed by atoms with Gasteiger partial charge in [0.1, 0.15) is 5.75 Å². The minimum absolute atomic E-state index is 0.0695. The van der Waals surface area contributed by atoms with Gasteiger partial charge < -0.3 is 14.5 Å². The fourth-order valence-electron chi connectivity index (χ4n) is 2.99. The molecule has 136 valence electrons. The van der Waals surface area contributed by atoms with Crippen molar-refractivity contribution in [3.05, 3.63) is 64.7 Å². The van der Waals surface area contributed by atoms with Crippen molar-refractivity contribution in [1.82, 2.24) is 9.80 Å². The standard InChI is InChI=1S/C20H21ClN2O3/c1-26-16-8-6-15(7-9-16)14-19(24)22-10-12-23(13-11-22)20(25)17-4-2-3-5-18(17)21/h2-9H,10-14H2,1H3. The number of benzene rings is 2. The van der Waals surface area contributed by atoms with E-state index in [1.165, 1.54) is 0 Å². The van der Waals surface area contributed by atoms with Gasteiger partial charge in [0.25, 0.3) is 5.91 Å². The van der Waals surface area contributed by atoms with Gasteiger partial charge in [0, 0.05) is 26.2 Å². The van der Waals surface area contributed by atoms with Crippen LogP contribution < -0.4 is 4.74 Å². The number of carbonyl (C=O) groups is 2. The van der Waals surface area contributed by atoms with E-state index in [0.29, 0.717) is 43.2 Å². The highest BCUT2D eigenvalue weighted by molar-refractivity contribution is 6.33. The molecule has 1 fully saturated rings. The number of ether oxygens (including phenoxy) is 1. The van der Waals surface area contributed by atoms with Crippen LogP contribution in [-0.2, 0) is 11.2 Å². The van der Waals surface area contributed by atoms with E-state index in [1.54, 1.807) is 41.2 Å². The second-order valence-electron chi connectivity index (χ2n) is 6.18. The minimum Gasteiger partial charge on any atom is -0.497 e. The number of hydrogen-bond donors (Lipinski definition) is 0. The Kier molecular flexibility index (Phi) is 5.78. The van der Waals surface area contributed by atoms with E-state index in [1.807, 2.05) is 24.3 Å². The Morgan fingerprint density at radius 3 is 2.19 bits per heavy atom. The van der Waals surface area contributed by atoms with Crippen LogP contribution >= 0.6 is 11.6 Å². The molecule has 1 heterocycles. The third-order valence-electron chi connectivity index (χ3n) is 4.54. The van der Waals surface area contributed by atoms with Crippen LogP contribution in [0.1, 0.15) is 15.9 Å². The molecular weight excluding hydrogens is 352 g/mol. The molecule has 5 nitrogen and oxygen atoms in total. The zero-order chi connectivity index (χ0) is 18.5. The van der Waals surface area contributed by atoms with E-state index < -0.39 is 0 Å². The van der Waals surface area contributed by atoms with Crippen molar-refractivity contribution < 1.29 is 14.3 Å². The highest BCUT2D eigenvalue weighted by atomic mass is 35.5. The third-order valence-corrected chi connectivity index (χ3v) is 4.87. The average molecular weight is 373 g/mol. The molecule has 1 aliphatic rings. The van der Waals surface area contributed by atoms with Crippen molar-refractivity contribution in [3.8, 4) is 5.75 Å². The molecule has 3 rings (SSSR count). The van der Waals surface area contributed by atoms with Crippen LogP contribution in [0.15, 0.2) is 48.5 Å². The number of hydrogen-bond acceptors (Lipinski definition) is 3. The van der Waals surface area contributed by atoms with Gasteiger partial charge in [-0.05, 0) is 29.8 Å². The van der Waals surface area contributed by atoms with Crippen molar-refractivity contribution in [1.29, 1.82) is 0 Å². The van der Waals surface area contributed by atoms with Crippen LogP contribution in [-0.4, -0.2) is 54.9 Å². The Labute approximate surface area is 158 Å². The summed E-state index contributed by atoms with van der Waals surface area (Å²) in [5.74, 6) is 0.755. The highest BCUT2D eigenvalue weighted by Gasteiger charge is 2.25. The van der Waals surface area contributed by atoms with Gasteiger partial charge in [-0.25, -0.2) is 0 Å². The fourth-order valence-corrected chi connectivity index (χ4v) is 3.21. The molecule has 0 atom stereocenters. The quantitative estimate of drug-likeness (QED) is 0.829. The zero-order valence-corrected chi connectivity index (χ0v) is 15.4. The van der Waals surface area contributed by atoms with Gasteiger partial charge in [-0.2, -0.15) is 0 Å². The number of methoxy groups -OCH3 is 1. The van der Waals surface area contributed by atoms with E-state index in [-0.39, 0.29) is 11.8 Å². The molecule has 0 bridgehead atoms. The van der Waals surface area contributed by atoms with Gasteiger partial charge in [-0.1, -0.05) is 35.9 Å². The van der Waals surface area contributed by atoms with E-state index in [4.69, 9.17) is 16.3 Å². The minimum atomic E-state index is -0.0853. The van der Waals surface area contributed by atoms with Crippen molar-refractivity contribution in [2.75, 3.05) is 33.3 Å². The van der Waals surface area contributed by atoms with Crippen LogP contribution in [0.4, 0.5) is 0 Å². The summed E-state index contributed by atoms with van der Waals surface area (Å²) in [6.45, 7) is 2.09. The summed E-state index contributed by atoms with van der Waals surface area (Å²) in [5.41, 5.74) is 1.46. The van der Waals surface area contributed by atoms with Gasteiger partial charge in [0.05, 0.1) is 24.1 Å². The van der Waals surface area contributed by atoms with Crippen molar-refractivity contribution >= 4 is 23.4 Å². The monoisotopic (exact) mass is 372 g/mol. The molecule has 0 N–H and O–H groups in total. The first-order chi connectivity index (χ1) is 12.6. The van der Waals surface area contributed by atoms with E-state index in [9.17, 15) is 9.59 Å². The lowest BCUT2D eigenvalue weighted by atomic mass is 10.1. The predicted octanol–water partition coefficient (Wildman–Crippen LogP) is 2.88. The lowest BCUT2D eigenvalue weighted by molar-refractivity contribution is -0.131. The summed E-state index contributed by atoms with van der Waals surface area (Å²) >= 11 is 6.11. The first-order valence-corrected chi connectivity index (χ1v) is 8.91. The third kappa shape index (κ3) is 4.17. The molecule has 1 aliphatic heterocycles. The Morgan fingerprint density at radius 1 is 0.962 bits per heavy atom.